The maximum absolute atomic E-state index is 10.7. The van der Waals surface area contributed by atoms with Gasteiger partial charge in [-0.1, -0.05) is 0 Å². The van der Waals surface area contributed by atoms with Gasteiger partial charge in [-0.05, 0) is 0 Å². The molecule has 56 valence electrons. The highest BCUT2D eigenvalue weighted by Gasteiger charge is 2.00. The van der Waals surface area contributed by atoms with Crippen LogP contribution in [0.2, 0.25) is 0 Å². The topological polar surface area (TPSA) is 61.5 Å². The number of nitrogens with one attached hydrogen (secondary N) is 2. The van der Waals surface area contributed by atoms with Crippen molar-refractivity contribution in [2.75, 3.05) is 0 Å². The predicted molar refractivity (Wildman–Crippen MR) is 42.5 cm³/mol. The van der Waals surface area contributed by atoms with Gasteiger partial charge in [0.25, 0.3) is 5.56 Å². The van der Waals surface area contributed by atoms with E-state index in [9.17, 15) is 4.79 Å². The van der Waals surface area contributed by atoms with Crippen LogP contribution in [0, 0.1) is 0 Å². The van der Waals surface area contributed by atoms with E-state index in [1.807, 2.05) is 5.38 Å². The highest BCUT2D eigenvalue weighted by atomic mass is 32.1. The number of thiazole rings is 1. The van der Waals surface area contributed by atoms with Gasteiger partial charge in [-0.15, -0.1) is 11.3 Å². The molecule has 0 aliphatic heterocycles. The van der Waals surface area contributed by atoms with Crippen molar-refractivity contribution in [2.24, 2.45) is 0 Å². The molecule has 2 aromatic rings. The molecule has 4 nitrogen and oxygen atoms in total. The Morgan fingerprint density at radius 3 is 2.91 bits per heavy atom. The minimum absolute atomic E-state index is 0.129. The van der Waals surface area contributed by atoms with E-state index in [-0.39, 0.29) is 5.56 Å². The lowest BCUT2D eigenvalue weighted by molar-refractivity contribution is 1.06. The van der Waals surface area contributed by atoms with Crippen LogP contribution in [0.25, 0.3) is 10.7 Å². The molecule has 0 fully saturated rings. The summed E-state index contributed by atoms with van der Waals surface area (Å²) in [5.41, 5.74) is 0.611. The molecule has 0 atom stereocenters. The fourth-order valence-corrected chi connectivity index (χ4v) is 1.41. The first kappa shape index (κ1) is 6.36. The van der Waals surface area contributed by atoms with E-state index >= 15 is 0 Å². The molecule has 2 rings (SSSR count). The molecule has 0 saturated heterocycles. The average Bonchev–Trinajstić information content (AvgIpc) is 2.55. The van der Waals surface area contributed by atoms with Gasteiger partial charge in [-0.2, -0.15) is 0 Å². The summed E-state index contributed by atoms with van der Waals surface area (Å²) in [6.45, 7) is 0. The van der Waals surface area contributed by atoms with Crippen molar-refractivity contribution in [3.8, 4) is 10.7 Å². The van der Waals surface area contributed by atoms with Gasteiger partial charge in [0, 0.05) is 17.6 Å². The third-order valence-electron chi connectivity index (χ3n) is 1.26. The normalized spacial score (nSPS) is 10.2. The summed E-state index contributed by atoms with van der Waals surface area (Å²) in [6.07, 6.45) is 1.70. The Morgan fingerprint density at radius 1 is 1.45 bits per heavy atom. The molecule has 0 bridgehead atoms. The smallest absolute Gasteiger partial charge is 0.264 e. The van der Waals surface area contributed by atoms with Crippen LogP contribution in [0.1, 0.15) is 0 Å². The number of H-pyrrole nitrogens is 2. The van der Waals surface area contributed by atoms with Crippen LogP contribution in [0.5, 0.6) is 0 Å². The Bertz CT molecular complexity index is 386. The largest absolute Gasteiger partial charge is 0.295 e. The molecule has 2 N–H and O–H groups in total. The van der Waals surface area contributed by atoms with Crippen molar-refractivity contribution in [3.63, 3.8) is 0 Å². The summed E-state index contributed by atoms with van der Waals surface area (Å²) in [5.74, 6) is 0. The van der Waals surface area contributed by atoms with E-state index in [4.69, 9.17) is 0 Å². The van der Waals surface area contributed by atoms with Gasteiger partial charge >= 0.3 is 0 Å². The second kappa shape index (κ2) is 2.35. The maximum Gasteiger partial charge on any atom is 0.264 e. The molecular weight excluding hydrogens is 162 g/mol. The summed E-state index contributed by atoms with van der Waals surface area (Å²) >= 11 is 1.49. The first-order valence-corrected chi connectivity index (χ1v) is 3.92. The summed E-state index contributed by atoms with van der Waals surface area (Å²) in [4.78, 5) is 14.7. The van der Waals surface area contributed by atoms with Crippen LogP contribution in [0.3, 0.4) is 0 Å². The highest BCUT2D eigenvalue weighted by molar-refractivity contribution is 7.13. The Morgan fingerprint density at radius 2 is 2.36 bits per heavy atom. The van der Waals surface area contributed by atoms with Crippen molar-refractivity contribution in [3.05, 3.63) is 28.0 Å². The highest BCUT2D eigenvalue weighted by Crippen LogP contribution is 2.16. The van der Waals surface area contributed by atoms with Gasteiger partial charge in [-0.25, -0.2) is 4.98 Å². The summed E-state index contributed by atoms with van der Waals surface area (Å²) < 4.78 is 0. The molecule has 0 aliphatic rings. The van der Waals surface area contributed by atoms with E-state index in [0.29, 0.717) is 0 Å². The van der Waals surface area contributed by atoms with Crippen molar-refractivity contribution in [1.29, 1.82) is 0 Å². The third-order valence-corrected chi connectivity index (χ3v) is 2.06. The predicted octanol–water partition coefficient (Wildman–Crippen LogP) is 0.826. The quantitative estimate of drug-likeness (QED) is 0.660. The second-order valence-electron chi connectivity index (χ2n) is 2.01. The lowest BCUT2D eigenvalue weighted by Crippen LogP contribution is -1.93. The number of aromatic amines is 2. The minimum Gasteiger partial charge on any atom is -0.295 e. The Labute approximate surface area is 65.9 Å². The van der Waals surface area contributed by atoms with Gasteiger partial charge in [0.05, 0.1) is 5.69 Å². The van der Waals surface area contributed by atoms with Crippen LogP contribution < -0.4 is 5.56 Å². The number of hydrogen-bond donors (Lipinski definition) is 2. The van der Waals surface area contributed by atoms with Gasteiger partial charge in [-0.3, -0.25) is 15.0 Å². The summed E-state index contributed by atoms with van der Waals surface area (Å²) in [5, 5.41) is 7.85. The van der Waals surface area contributed by atoms with E-state index < -0.39 is 0 Å². The monoisotopic (exact) mass is 167 g/mol. The van der Waals surface area contributed by atoms with E-state index in [1.165, 1.54) is 17.4 Å². The molecule has 0 radical (unpaired) electrons. The summed E-state index contributed by atoms with van der Waals surface area (Å²) in [7, 11) is 0. The number of nitrogens with zero attached hydrogens (tertiary/aromatic N) is 1. The molecule has 0 spiro atoms. The molecule has 2 aromatic heterocycles. The molecular formula is C6H5N3OS. The molecule has 0 amide bonds. The second-order valence-corrected chi connectivity index (χ2v) is 2.90. The molecule has 0 aliphatic carbocycles. The van der Waals surface area contributed by atoms with Crippen LogP contribution >= 0.6 is 11.3 Å². The van der Waals surface area contributed by atoms with E-state index in [1.54, 1.807) is 6.20 Å². The number of rotatable bonds is 1. The van der Waals surface area contributed by atoms with Crippen LogP contribution in [0.4, 0.5) is 0 Å². The number of aromatic nitrogens is 3. The Hall–Kier alpha value is -1.36. The van der Waals surface area contributed by atoms with Crippen LogP contribution in [-0.4, -0.2) is 15.2 Å². The van der Waals surface area contributed by atoms with E-state index in [2.05, 4.69) is 15.2 Å². The molecule has 0 unspecified atom stereocenters. The first-order chi connectivity index (χ1) is 5.36. The van der Waals surface area contributed by atoms with Crippen molar-refractivity contribution in [1.82, 2.24) is 15.2 Å². The first-order valence-electron chi connectivity index (χ1n) is 3.04. The SMILES string of the molecule is O=c1cc(-c2nccs2)[nH][nH]1. The zero-order chi connectivity index (χ0) is 7.68. The van der Waals surface area contributed by atoms with Gasteiger partial charge in [0.15, 0.2) is 0 Å². The van der Waals surface area contributed by atoms with E-state index in [0.717, 1.165) is 10.7 Å². The van der Waals surface area contributed by atoms with Gasteiger partial charge in [0.1, 0.15) is 5.01 Å². The third kappa shape index (κ3) is 1.10. The van der Waals surface area contributed by atoms with Gasteiger partial charge in [0.2, 0.25) is 0 Å². The minimum atomic E-state index is -0.129. The Kier molecular flexibility index (Phi) is 1.36. The van der Waals surface area contributed by atoms with Crippen molar-refractivity contribution >= 4 is 11.3 Å². The molecule has 5 heteroatoms. The Balaban J connectivity index is 2.53. The number of hydrogen-bond acceptors (Lipinski definition) is 3. The lowest BCUT2D eigenvalue weighted by atomic mass is 10.5. The lowest BCUT2D eigenvalue weighted by Gasteiger charge is -1.83. The summed E-state index contributed by atoms with van der Waals surface area (Å²) in [6, 6.07) is 1.48. The van der Waals surface area contributed by atoms with Crippen LogP contribution in [0.15, 0.2) is 22.4 Å². The molecule has 0 aromatic carbocycles. The fraction of sp³-hybridized carbons (Fsp3) is 0. The maximum atomic E-state index is 10.7. The fourth-order valence-electron chi connectivity index (χ4n) is 0.804. The van der Waals surface area contributed by atoms with Crippen LogP contribution in [-0.2, 0) is 0 Å². The van der Waals surface area contributed by atoms with Gasteiger partial charge < -0.3 is 0 Å². The standard InChI is InChI=1S/C6H5N3OS/c10-5-3-4(8-9-5)6-7-1-2-11-6/h1-3H,(H2,8,9,10). The molecule has 11 heavy (non-hydrogen) atoms. The average molecular weight is 167 g/mol. The molecule has 0 saturated carbocycles. The zero-order valence-corrected chi connectivity index (χ0v) is 6.31. The zero-order valence-electron chi connectivity index (χ0n) is 5.50. The van der Waals surface area contributed by atoms with Crippen molar-refractivity contribution < 1.29 is 0 Å². The van der Waals surface area contributed by atoms with Crippen molar-refractivity contribution in [2.45, 2.75) is 0 Å². The molecule has 2 heterocycles.